The normalized spacial score (nSPS) is 22.8. The number of hydrogen-bond donors (Lipinski definition) is 1. The van der Waals surface area contributed by atoms with Gasteiger partial charge in [-0.25, -0.2) is 4.79 Å². The fourth-order valence-electron chi connectivity index (χ4n) is 3.09. The summed E-state index contributed by atoms with van der Waals surface area (Å²) in [5.74, 6) is -0.928. The van der Waals surface area contributed by atoms with Gasteiger partial charge >= 0.3 is 5.97 Å². The standard InChI is InChI=1S/C14H25N3O3/c1-2-20-14(19)12(15)13(18)17-9-5-11(6-10-17)16-7-3-4-8-16/h11-12H,2-10,15H2,1H3. The third-order valence-electron chi connectivity index (χ3n) is 4.24. The molecule has 0 aromatic heterocycles. The number of piperidine rings is 1. The zero-order valence-electron chi connectivity index (χ0n) is 12.2. The highest BCUT2D eigenvalue weighted by Crippen LogP contribution is 2.21. The van der Waals surface area contributed by atoms with E-state index in [-0.39, 0.29) is 12.5 Å². The largest absolute Gasteiger partial charge is 0.464 e. The number of hydrogen-bond acceptors (Lipinski definition) is 5. The second-order valence-corrected chi connectivity index (χ2v) is 5.53. The lowest BCUT2D eigenvalue weighted by atomic mass is 10.0. The Kier molecular flexibility index (Phi) is 5.37. The summed E-state index contributed by atoms with van der Waals surface area (Å²) in [5.41, 5.74) is 5.66. The van der Waals surface area contributed by atoms with E-state index in [1.165, 1.54) is 25.9 Å². The average molecular weight is 283 g/mol. The van der Waals surface area contributed by atoms with Crippen LogP contribution in [0.3, 0.4) is 0 Å². The molecule has 20 heavy (non-hydrogen) atoms. The summed E-state index contributed by atoms with van der Waals surface area (Å²) in [5, 5.41) is 0. The maximum absolute atomic E-state index is 12.1. The van der Waals surface area contributed by atoms with Crippen LogP contribution in [0.4, 0.5) is 0 Å². The fraction of sp³-hybridized carbons (Fsp3) is 0.857. The van der Waals surface area contributed by atoms with Gasteiger partial charge < -0.3 is 20.3 Å². The average Bonchev–Trinajstić information content (AvgIpc) is 3.00. The van der Waals surface area contributed by atoms with E-state index in [0.717, 1.165) is 12.8 Å². The summed E-state index contributed by atoms with van der Waals surface area (Å²) in [6.45, 7) is 5.69. The van der Waals surface area contributed by atoms with Crippen LogP contribution in [0, 0.1) is 0 Å². The Balaban J connectivity index is 1.80. The molecular weight excluding hydrogens is 258 g/mol. The number of rotatable bonds is 4. The van der Waals surface area contributed by atoms with Gasteiger partial charge in [0.2, 0.25) is 0 Å². The Morgan fingerprint density at radius 3 is 2.35 bits per heavy atom. The molecule has 0 aromatic rings. The quantitative estimate of drug-likeness (QED) is 0.579. The lowest BCUT2D eigenvalue weighted by Crippen LogP contribution is -2.53. The van der Waals surface area contributed by atoms with Gasteiger partial charge in [-0.3, -0.25) is 4.79 Å². The van der Waals surface area contributed by atoms with Crippen molar-refractivity contribution in [3.63, 3.8) is 0 Å². The van der Waals surface area contributed by atoms with Crippen LogP contribution < -0.4 is 5.73 Å². The van der Waals surface area contributed by atoms with Gasteiger partial charge in [0, 0.05) is 19.1 Å². The number of esters is 1. The first kappa shape index (κ1) is 15.3. The van der Waals surface area contributed by atoms with E-state index in [9.17, 15) is 9.59 Å². The Labute approximate surface area is 120 Å². The van der Waals surface area contributed by atoms with Gasteiger partial charge in [0.1, 0.15) is 0 Å². The van der Waals surface area contributed by atoms with E-state index in [2.05, 4.69) is 4.90 Å². The summed E-state index contributed by atoms with van der Waals surface area (Å²) in [4.78, 5) is 27.8. The summed E-state index contributed by atoms with van der Waals surface area (Å²) in [6.07, 6.45) is 4.52. The number of nitrogens with zero attached hydrogens (tertiary/aromatic N) is 2. The zero-order valence-corrected chi connectivity index (χ0v) is 12.2. The first-order chi connectivity index (χ1) is 9.63. The van der Waals surface area contributed by atoms with Crippen LogP contribution in [0.2, 0.25) is 0 Å². The number of nitrogens with two attached hydrogens (primary N) is 1. The highest BCUT2D eigenvalue weighted by Gasteiger charge is 2.32. The van der Waals surface area contributed by atoms with Crippen molar-refractivity contribution >= 4 is 11.9 Å². The van der Waals surface area contributed by atoms with Crippen LogP contribution in [-0.4, -0.2) is 66.5 Å². The molecule has 0 saturated carbocycles. The van der Waals surface area contributed by atoms with Crippen LogP contribution in [0.5, 0.6) is 0 Å². The molecular formula is C14H25N3O3. The van der Waals surface area contributed by atoms with Crippen molar-refractivity contribution in [1.29, 1.82) is 0 Å². The number of carbonyl (C=O) groups is 2. The summed E-state index contributed by atoms with van der Waals surface area (Å²) < 4.78 is 4.80. The molecule has 6 nitrogen and oxygen atoms in total. The summed E-state index contributed by atoms with van der Waals surface area (Å²) >= 11 is 0. The van der Waals surface area contributed by atoms with Gasteiger partial charge in [-0.05, 0) is 45.7 Å². The minimum Gasteiger partial charge on any atom is -0.464 e. The van der Waals surface area contributed by atoms with Gasteiger partial charge in [0.05, 0.1) is 6.61 Å². The molecule has 0 aromatic carbocycles. The minimum absolute atomic E-state index is 0.247. The highest BCUT2D eigenvalue weighted by atomic mass is 16.5. The molecule has 1 amide bonds. The molecule has 2 aliphatic heterocycles. The van der Waals surface area contributed by atoms with Gasteiger partial charge in [-0.15, -0.1) is 0 Å². The second kappa shape index (κ2) is 7.04. The van der Waals surface area contributed by atoms with E-state index < -0.39 is 12.0 Å². The maximum Gasteiger partial charge on any atom is 0.332 e. The summed E-state index contributed by atoms with van der Waals surface area (Å²) in [7, 11) is 0. The predicted molar refractivity (Wildman–Crippen MR) is 75.0 cm³/mol. The molecule has 114 valence electrons. The van der Waals surface area contributed by atoms with Crippen molar-refractivity contribution in [2.45, 2.75) is 44.7 Å². The van der Waals surface area contributed by atoms with Crippen LogP contribution in [0.1, 0.15) is 32.6 Å². The molecule has 2 N–H and O–H groups in total. The van der Waals surface area contributed by atoms with E-state index in [1.54, 1.807) is 11.8 Å². The smallest absolute Gasteiger partial charge is 0.332 e. The SMILES string of the molecule is CCOC(=O)C(N)C(=O)N1CCC(N2CCCC2)CC1. The molecule has 2 fully saturated rings. The molecule has 0 bridgehead atoms. The number of ether oxygens (including phenoxy) is 1. The molecule has 0 spiro atoms. The molecule has 2 aliphatic rings. The van der Waals surface area contributed by atoms with Crippen molar-refractivity contribution in [3.8, 4) is 0 Å². The van der Waals surface area contributed by atoms with Crippen molar-refractivity contribution in [2.24, 2.45) is 5.73 Å². The molecule has 2 rings (SSSR count). The Morgan fingerprint density at radius 1 is 1.20 bits per heavy atom. The summed E-state index contributed by atoms with van der Waals surface area (Å²) in [6, 6.07) is -0.585. The highest BCUT2D eigenvalue weighted by molar-refractivity contribution is 6.01. The Morgan fingerprint density at radius 2 is 1.80 bits per heavy atom. The third-order valence-corrected chi connectivity index (χ3v) is 4.24. The molecule has 2 saturated heterocycles. The van der Waals surface area contributed by atoms with E-state index >= 15 is 0 Å². The number of carbonyl (C=O) groups excluding carboxylic acids is 2. The first-order valence-corrected chi connectivity index (χ1v) is 7.58. The Hall–Kier alpha value is -1.14. The van der Waals surface area contributed by atoms with Crippen LogP contribution in [-0.2, 0) is 14.3 Å². The van der Waals surface area contributed by atoms with Crippen molar-refractivity contribution in [2.75, 3.05) is 32.8 Å². The third kappa shape index (κ3) is 3.49. The maximum atomic E-state index is 12.1. The minimum atomic E-state index is -1.17. The lowest BCUT2D eigenvalue weighted by molar-refractivity contribution is -0.151. The predicted octanol–water partition coefficient (Wildman–Crippen LogP) is -0.0364. The van der Waals surface area contributed by atoms with E-state index in [4.69, 9.17) is 10.5 Å². The number of likely N-dealkylation sites (tertiary alicyclic amines) is 2. The topological polar surface area (TPSA) is 75.9 Å². The van der Waals surface area contributed by atoms with Crippen LogP contribution >= 0.6 is 0 Å². The van der Waals surface area contributed by atoms with Gasteiger partial charge in [-0.2, -0.15) is 0 Å². The van der Waals surface area contributed by atoms with Crippen LogP contribution in [0.15, 0.2) is 0 Å². The van der Waals surface area contributed by atoms with Gasteiger partial charge in [0.25, 0.3) is 5.91 Å². The van der Waals surface area contributed by atoms with Crippen molar-refractivity contribution in [3.05, 3.63) is 0 Å². The van der Waals surface area contributed by atoms with Crippen LogP contribution in [0.25, 0.3) is 0 Å². The molecule has 2 heterocycles. The van der Waals surface area contributed by atoms with Crippen molar-refractivity contribution in [1.82, 2.24) is 9.80 Å². The molecule has 0 radical (unpaired) electrons. The number of amides is 1. The van der Waals surface area contributed by atoms with E-state index in [0.29, 0.717) is 19.1 Å². The van der Waals surface area contributed by atoms with E-state index in [1.807, 2.05) is 0 Å². The van der Waals surface area contributed by atoms with Crippen molar-refractivity contribution < 1.29 is 14.3 Å². The molecule has 1 atom stereocenters. The zero-order chi connectivity index (χ0) is 14.5. The second-order valence-electron chi connectivity index (χ2n) is 5.53. The molecule has 1 unspecified atom stereocenters. The molecule has 6 heteroatoms. The fourth-order valence-corrected chi connectivity index (χ4v) is 3.09. The lowest BCUT2D eigenvalue weighted by Gasteiger charge is -2.37. The first-order valence-electron chi connectivity index (χ1n) is 7.58. The molecule has 0 aliphatic carbocycles. The van der Waals surface area contributed by atoms with Gasteiger partial charge in [-0.1, -0.05) is 0 Å². The monoisotopic (exact) mass is 283 g/mol. The van der Waals surface area contributed by atoms with Gasteiger partial charge in [0.15, 0.2) is 6.04 Å². The Bertz CT molecular complexity index is 348.